The molecule has 2 heterocycles. The summed E-state index contributed by atoms with van der Waals surface area (Å²) in [7, 11) is 0. The van der Waals surface area contributed by atoms with Crippen LogP contribution in [0.15, 0.2) is 36.5 Å². The minimum absolute atomic E-state index is 0.00140. The lowest BCUT2D eigenvalue weighted by atomic mass is 10.1. The number of benzene rings is 1. The van der Waals surface area contributed by atoms with Crippen molar-refractivity contribution in [2.75, 3.05) is 26.2 Å². The van der Waals surface area contributed by atoms with Gasteiger partial charge in [0.15, 0.2) is 5.78 Å². The van der Waals surface area contributed by atoms with Crippen LogP contribution in [0.1, 0.15) is 50.6 Å². The van der Waals surface area contributed by atoms with Gasteiger partial charge in [0.2, 0.25) is 0 Å². The Kier molecular flexibility index (Phi) is 5.21. The number of aryl methyl sites for hydroxylation is 1. The van der Waals surface area contributed by atoms with E-state index < -0.39 is 0 Å². The number of ketones is 1. The van der Waals surface area contributed by atoms with Gasteiger partial charge in [-0.05, 0) is 37.1 Å². The van der Waals surface area contributed by atoms with Crippen molar-refractivity contribution in [1.29, 1.82) is 0 Å². The van der Waals surface area contributed by atoms with Gasteiger partial charge in [-0.3, -0.25) is 14.4 Å². The summed E-state index contributed by atoms with van der Waals surface area (Å²) in [5, 5.41) is 0. The predicted octanol–water partition coefficient (Wildman–Crippen LogP) is 2.38. The number of aromatic nitrogens is 1. The molecule has 1 N–H and O–H groups in total. The van der Waals surface area contributed by atoms with Crippen LogP contribution in [0.2, 0.25) is 0 Å². The monoisotopic (exact) mass is 353 g/mol. The topological polar surface area (TPSA) is 73.5 Å². The van der Waals surface area contributed by atoms with Crippen molar-refractivity contribution in [3.05, 3.63) is 58.9 Å². The number of aromatic amines is 1. The Balaban J connectivity index is 1.60. The number of carbonyl (C=O) groups is 3. The van der Waals surface area contributed by atoms with Crippen molar-refractivity contribution < 1.29 is 14.4 Å². The molecular weight excluding hydrogens is 330 g/mol. The molecule has 0 aliphatic carbocycles. The highest BCUT2D eigenvalue weighted by Gasteiger charge is 2.26. The van der Waals surface area contributed by atoms with Crippen molar-refractivity contribution in [2.24, 2.45) is 0 Å². The number of H-pyrrole nitrogens is 1. The molecule has 1 fully saturated rings. The van der Waals surface area contributed by atoms with Crippen LogP contribution in [0.25, 0.3) is 0 Å². The van der Waals surface area contributed by atoms with Gasteiger partial charge in [-0.1, -0.05) is 19.1 Å². The maximum atomic E-state index is 12.6. The molecule has 136 valence electrons. The number of hydrogen-bond donors (Lipinski definition) is 1. The minimum atomic E-state index is -0.142. The third-order valence-corrected chi connectivity index (χ3v) is 4.78. The second-order valence-electron chi connectivity index (χ2n) is 6.49. The number of nitrogens with one attached hydrogen (secondary N) is 1. The van der Waals surface area contributed by atoms with Gasteiger partial charge >= 0.3 is 0 Å². The Hall–Kier alpha value is -2.89. The molecule has 1 saturated heterocycles. The van der Waals surface area contributed by atoms with E-state index in [1.807, 2.05) is 24.3 Å². The molecule has 6 nitrogen and oxygen atoms in total. The van der Waals surface area contributed by atoms with Crippen molar-refractivity contribution in [3.63, 3.8) is 0 Å². The molecule has 1 aromatic heterocycles. The largest absolute Gasteiger partial charge is 0.356 e. The number of hydrogen-bond acceptors (Lipinski definition) is 3. The van der Waals surface area contributed by atoms with Crippen LogP contribution < -0.4 is 0 Å². The van der Waals surface area contributed by atoms with Gasteiger partial charge in [-0.15, -0.1) is 0 Å². The third kappa shape index (κ3) is 3.69. The second kappa shape index (κ2) is 7.56. The first-order chi connectivity index (χ1) is 12.5. The zero-order valence-corrected chi connectivity index (χ0v) is 15.1. The lowest BCUT2D eigenvalue weighted by Gasteiger charge is -2.34. The van der Waals surface area contributed by atoms with Gasteiger partial charge in [0, 0.05) is 43.5 Å². The van der Waals surface area contributed by atoms with E-state index in [9.17, 15) is 14.4 Å². The standard InChI is InChI=1S/C20H23N3O3/c1-3-15-4-6-16(7-5-15)19(25)22-8-10-23(11-9-22)20(26)18-12-17(13-21-18)14(2)24/h4-7,12-13,21H,3,8-11H2,1-2H3. The minimum Gasteiger partial charge on any atom is -0.356 e. The van der Waals surface area contributed by atoms with E-state index in [4.69, 9.17) is 0 Å². The first kappa shape index (κ1) is 17.9. The van der Waals surface area contributed by atoms with Crippen molar-refractivity contribution >= 4 is 17.6 Å². The molecule has 3 rings (SSSR count). The molecular formula is C20H23N3O3. The highest BCUT2D eigenvalue weighted by molar-refractivity contribution is 5.99. The summed E-state index contributed by atoms with van der Waals surface area (Å²) in [5.74, 6) is -0.222. The van der Waals surface area contributed by atoms with Gasteiger partial charge in [-0.2, -0.15) is 0 Å². The quantitative estimate of drug-likeness (QED) is 0.858. The first-order valence-electron chi connectivity index (χ1n) is 8.86. The summed E-state index contributed by atoms with van der Waals surface area (Å²) in [6, 6.07) is 9.26. The summed E-state index contributed by atoms with van der Waals surface area (Å²) in [6.45, 7) is 5.50. The Bertz CT molecular complexity index is 815. The second-order valence-corrected chi connectivity index (χ2v) is 6.49. The van der Waals surface area contributed by atoms with E-state index in [-0.39, 0.29) is 17.6 Å². The first-order valence-corrected chi connectivity index (χ1v) is 8.86. The zero-order chi connectivity index (χ0) is 18.7. The molecule has 1 aromatic carbocycles. The highest BCUT2D eigenvalue weighted by Crippen LogP contribution is 2.13. The van der Waals surface area contributed by atoms with Crippen molar-refractivity contribution in [1.82, 2.24) is 14.8 Å². The smallest absolute Gasteiger partial charge is 0.270 e. The fourth-order valence-electron chi connectivity index (χ4n) is 3.07. The van der Waals surface area contributed by atoms with Crippen LogP contribution in [0.3, 0.4) is 0 Å². The van der Waals surface area contributed by atoms with E-state index in [1.54, 1.807) is 22.1 Å². The summed E-state index contributed by atoms with van der Waals surface area (Å²) < 4.78 is 0. The molecule has 0 unspecified atom stereocenters. The Morgan fingerprint density at radius 2 is 1.50 bits per heavy atom. The Morgan fingerprint density at radius 3 is 2.00 bits per heavy atom. The molecule has 0 atom stereocenters. The van der Waals surface area contributed by atoms with Crippen LogP contribution in [0, 0.1) is 0 Å². The number of nitrogens with zero attached hydrogens (tertiary/aromatic N) is 2. The summed E-state index contributed by atoms with van der Waals surface area (Å²) in [4.78, 5) is 42.8. The Labute approximate surface area is 152 Å². The van der Waals surface area contributed by atoms with E-state index in [1.165, 1.54) is 12.5 Å². The van der Waals surface area contributed by atoms with Crippen LogP contribution in [0.4, 0.5) is 0 Å². The molecule has 26 heavy (non-hydrogen) atoms. The predicted molar refractivity (Wildman–Crippen MR) is 98.4 cm³/mol. The molecule has 2 amide bonds. The maximum Gasteiger partial charge on any atom is 0.270 e. The van der Waals surface area contributed by atoms with Crippen molar-refractivity contribution in [2.45, 2.75) is 20.3 Å². The molecule has 2 aromatic rings. The molecule has 0 bridgehead atoms. The number of Topliss-reactive ketones (excluding diaryl/α,β-unsaturated/α-hetero) is 1. The number of amides is 2. The van der Waals surface area contributed by atoms with Crippen LogP contribution in [-0.4, -0.2) is 58.6 Å². The van der Waals surface area contributed by atoms with Gasteiger partial charge < -0.3 is 14.8 Å². The molecule has 6 heteroatoms. The van der Waals surface area contributed by atoms with Crippen LogP contribution in [-0.2, 0) is 6.42 Å². The van der Waals surface area contributed by atoms with Gasteiger partial charge in [0.1, 0.15) is 5.69 Å². The fraction of sp³-hybridized carbons (Fsp3) is 0.350. The van der Waals surface area contributed by atoms with Crippen LogP contribution >= 0.6 is 0 Å². The van der Waals surface area contributed by atoms with E-state index in [0.29, 0.717) is 43.0 Å². The summed E-state index contributed by atoms with van der Waals surface area (Å²) in [6.07, 6.45) is 2.49. The van der Waals surface area contributed by atoms with E-state index in [0.717, 1.165) is 6.42 Å². The normalized spacial score (nSPS) is 14.4. The van der Waals surface area contributed by atoms with E-state index in [2.05, 4.69) is 11.9 Å². The number of piperazine rings is 1. The maximum absolute atomic E-state index is 12.6. The average molecular weight is 353 g/mol. The highest BCUT2D eigenvalue weighted by atomic mass is 16.2. The fourth-order valence-corrected chi connectivity index (χ4v) is 3.07. The van der Waals surface area contributed by atoms with E-state index >= 15 is 0 Å². The molecule has 1 aliphatic heterocycles. The molecule has 0 saturated carbocycles. The molecule has 0 spiro atoms. The van der Waals surface area contributed by atoms with Gasteiger partial charge in [0.25, 0.3) is 11.8 Å². The summed E-state index contributed by atoms with van der Waals surface area (Å²) in [5.41, 5.74) is 2.79. The zero-order valence-electron chi connectivity index (χ0n) is 15.1. The van der Waals surface area contributed by atoms with Gasteiger partial charge in [0.05, 0.1) is 0 Å². The summed E-state index contributed by atoms with van der Waals surface area (Å²) >= 11 is 0. The Morgan fingerprint density at radius 1 is 0.923 bits per heavy atom. The lowest BCUT2D eigenvalue weighted by molar-refractivity contribution is 0.0532. The van der Waals surface area contributed by atoms with Crippen LogP contribution in [0.5, 0.6) is 0 Å². The lowest BCUT2D eigenvalue weighted by Crippen LogP contribution is -2.50. The van der Waals surface area contributed by atoms with Gasteiger partial charge in [-0.25, -0.2) is 0 Å². The average Bonchev–Trinajstić information content (AvgIpc) is 3.17. The SMILES string of the molecule is CCc1ccc(C(=O)N2CCN(C(=O)c3cc(C(C)=O)c[nH]3)CC2)cc1. The van der Waals surface area contributed by atoms with Crippen molar-refractivity contribution in [3.8, 4) is 0 Å². The number of carbonyl (C=O) groups excluding carboxylic acids is 3. The molecule has 0 radical (unpaired) electrons. The third-order valence-electron chi connectivity index (χ3n) is 4.78. The number of rotatable bonds is 4. The molecule has 1 aliphatic rings.